The largest absolute Gasteiger partial charge is 0.461 e. The molecule has 0 aliphatic carbocycles. The molecule has 0 saturated carbocycles. The molecule has 1 aromatic rings. The van der Waals surface area contributed by atoms with E-state index in [4.69, 9.17) is 16.2 Å². The van der Waals surface area contributed by atoms with E-state index in [-0.39, 0.29) is 31.4 Å². The van der Waals surface area contributed by atoms with E-state index in [0.717, 1.165) is 5.56 Å². The lowest BCUT2D eigenvalue weighted by atomic mass is 10.0. The van der Waals surface area contributed by atoms with Gasteiger partial charge in [0.1, 0.15) is 24.7 Å². The number of hydrogen-bond donors (Lipinski definition) is 7. The number of rotatable bonds is 18. The first kappa shape index (κ1) is 39.8. The summed E-state index contributed by atoms with van der Waals surface area (Å²) in [5.41, 5.74) is 11.8. The summed E-state index contributed by atoms with van der Waals surface area (Å²) in [4.78, 5) is 73.4. The van der Waals surface area contributed by atoms with Gasteiger partial charge in [-0.3, -0.25) is 24.0 Å². The van der Waals surface area contributed by atoms with E-state index in [1.807, 2.05) is 13.8 Å². The SMILES string of the molecule is CC.CC(=O)N[C@@H](CCCCN)C(=O)NC(C(=O)N[C@@H](CCCNC(N)=O)C(=O)Nc1ccc(COC(C)=O)cc1)C(C)C. The van der Waals surface area contributed by atoms with Crippen LogP contribution in [0.2, 0.25) is 0 Å². The molecule has 0 spiro atoms. The fraction of sp³-hybridized carbons (Fsp3) is 0.600. The van der Waals surface area contributed by atoms with E-state index < -0.39 is 47.8 Å². The molecule has 0 aliphatic heterocycles. The lowest BCUT2D eigenvalue weighted by molar-refractivity contribution is -0.142. The van der Waals surface area contributed by atoms with E-state index in [1.54, 1.807) is 38.1 Å². The Bertz CT molecular complexity index is 1060. The number of esters is 1. The zero-order chi connectivity index (χ0) is 33.7. The Labute approximate surface area is 260 Å². The fourth-order valence-electron chi connectivity index (χ4n) is 3.94. The molecule has 14 nitrogen and oxygen atoms in total. The van der Waals surface area contributed by atoms with Crippen molar-refractivity contribution in [2.24, 2.45) is 17.4 Å². The molecule has 3 atom stereocenters. The number of primary amides is 1. The number of benzene rings is 1. The number of ether oxygens (including phenoxy) is 1. The number of unbranched alkanes of at least 4 members (excludes halogenated alkanes) is 1. The molecule has 248 valence electrons. The summed E-state index contributed by atoms with van der Waals surface area (Å²) < 4.78 is 4.96. The van der Waals surface area contributed by atoms with Gasteiger partial charge in [-0.15, -0.1) is 0 Å². The summed E-state index contributed by atoms with van der Waals surface area (Å²) in [5, 5.41) is 13.2. The summed E-state index contributed by atoms with van der Waals surface area (Å²) in [6, 6.07) is 3.08. The van der Waals surface area contributed by atoms with Crippen LogP contribution in [0.1, 0.15) is 79.2 Å². The smallest absolute Gasteiger partial charge is 0.312 e. The van der Waals surface area contributed by atoms with Crippen molar-refractivity contribution >= 4 is 41.3 Å². The number of anilines is 1. The normalized spacial score (nSPS) is 12.4. The van der Waals surface area contributed by atoms with Gasteiger partial charge >= 0.3 is 12.0 Å². The lowest BCUT2D eigenvalue weighted by Crippen LogP contribution is -2.57. The second-order valence-electron chi connectivity index (χ2n) is 10.2. The molecule has 14 heteroatoms. The number of carbonyl (C=O) groups excluding carboxylic acids is 6. The van der Waals surface area contributed by atoms with Crippen molar-refractivity contribution in [3.05, 3.63) is 29.8 Å². The van der Waals surface area contributed by atoms with Gasteiger partial charge in [0.05, 0.1) is 0 Å². The lowest BCUT2D eigenvalue weighted by Gasteiger charge is -2.27. The highest BCUT2D eigenvalue weighted by atomic mass is 16.5. The monoisotopic (exact) mass is 621 g/mol. The van der Waals surface area contributed by atoms with Gasteiger partial charge in [0.2, 0.25) is 23.6 Å². The Balaban J connectivity index is 0.00000904. The van der Waals surface area contributed by atoms with Crippen molar-refractivity contribution in [3.8, 4) is 0 Å². The molecule has 44 heavy (non-hydrogen) atoms. The molecule has 0 aromatic heterocycles. The van der Waals surface area contributed by atoms with E-state index in [0.29, 0.717) is 37.9 Å². The van der Waals surface area contributed by atoms with Crippen LogP contribution < -0.4 is 38.1 Å². The molecule has 1 unspecified atom stereocenters. The first-order valence-electron chi connectivity index (χ1n) is 15.0. The van der Waals surface area contributed by atoms with Crippen LogP contribution in [0.15, 0.2) is 24.3 Å². The molecule has 0 fully saturated rings. The molecule has 0 heterocycles. The molecule has 6 amide bonds. The predicted octanol–water partition coefficient (Wildman–Crippen LogP) is 1.42. The zero-order valence-corrected chi connectivity index (χ0v) is 26.8. The average Bonchev–Trinajstić information content (AvgIpc) is 2.96. The summed E-state index contributed by atoms with van der Waals surface area (Å²) >= 11 is 0. The van der Waals surface area contributed by atoms with Crippen molar-refractivity contribution in [2.75, 3.05) is 18.4 Å². The van der Waals surface area contributed by atoms with Gasteiger partial charge < -0.3 is 42.8 Å². The van der Waals surface area contributed by atoms with Crippen LogP contribution in [0.5, 0.6) is 0 Å². The molecule has 1 aromatic carbocycles. The van der Waals surface area contributed by atoms with Crippen LogP contribution in [0, 0.1) is 5.92 Å². The van der Waals surface area contributed by atoms with Crippen LogP contribution >= 0.6 is 0 Å². The van der Waals surface area contributed by atoms with E-state index in [2.05, 4.69) is 26.6 Å². The van der Waals surface area contributed by atoms with Gasteiger partial charge in [-0.2, -0.15) is 0 Å². The Morgan fingerprint density at radius 1 is 0.795 bits per heavy atom. The topological polar surface area (TPSA) is 224 Å². The number of amides is 6. The molecule has 9 N–H and O–H groups in total. The molecule has 0 radical (unpaired) electrons. The van der Waals surface area contributed by atoms with Gasteiger partial charge in [-0.25, -0.2) is 4.79 Å². The van der Waals surface area contributed by atoms with Crippen LogP contribution in [0.3, 0.4) is 0 Å². The maximum absolute atomic E-state index is 13.4. The van der Waals surface area contributed by atoms with Crippen molar-refractivity contribution in [1.82, 2.24) is 21.3 Å². The average molecular weight is 622 g/mol. The highest BCUT2D eigenvalue weighted by molar-refractivity contribution is 5.99. The van der Waals surface area contributed by atoms with Crippen molar-refractivity contribution in [1.29, 1.82) is 0 Å². The summed E-state index contributed by atoms with van der Waals surface area (Å²) in [7, 11) is 0. The third kappa shape index (κ3) is 17.0. The first-order chi connectivity index (χ1) is 20.8. The van der Waals surface area contributed by atoms with E-state index in [1.165, 1.54) is 13.8 Å². The number of carbonyl (C=O) groups is 6. The van der Waals surface area contributed by atoms with Crippen LogP contribution in [0.25, 0.3) is 0 Å². The summed E-state index contributed by atoms with van der Waals surface area (Å²) in [6.07, 6.45) is 2.13. The third-order valence-corrected chi connectivity index (χ3v) is 6.15. The number of urea groups is 1. The van der Waals surface area contributed by atoms with Gasteiger partial charge in [-0.05, 0) is 62.3 Å². The Morgan fingerprint density at radius 2 is 1.39 bits per heavy atom. The molecule has 0 aliphatic rings. The van der Waals surface area contributed by atoms with Gasteiger partial charge in [0.15, 0.2) is 0 Å². The molecular weight excluding hydrogens is 570 g/mol. The second kappa shape index (κ2) is 22.4. The summed E-state index contributed by atoms with van der Waals surface area (Å²) in [6.45, 7) is 10.8. The highest BCUT2D eigenvalue weighted by Crippen LogP contribution is 2.13. The molecule has 0 bridgehead atoms. The number of hydrogen-bond acceptors (Lipinski definition) is 8. The second-order valence-corrected chi connectivity index (χ2v) is 10.2. The minimum absolute atomic E-state index is 0.0905. The quantitative estimate of drug-likeness (QED) is 0.0935. The first-order valence-corrected chi connectivity index (χ1v) is 15.0. The van der Waals surface area contributed by atoms with Crippen molar-refractivity contribution in [3.63, 3.8) is 0 Å². The van der Waals surface area contributed by atoms with Crippen molar-refractivity contribution < 1.29 is 33.5 Å². The molecular formula is C30H51N7O7. The van der Waals surface area contributed by atoms with E-state index >= 15 is 0 Å². The third-order valence-electron chi connectivity index (χ3n) is 6.15. The van der Waals surface area contributed by atoms with Gasteiger partial charge in [-0.1, -0.05) is 39.8 Å². The maximum Gasteiger partial charge on any atom is 0.312 e. The van der Waals surface area contributed by atoms with Crippen molar-refractivity contribution in [2.45, 2.75) is 98.4 Å². The fourth-order valence-corrected chi connectivity index (χ4v) is 3.94. The predicted molar refractivity (Wildman–Crippen MR) is 168 cm³/mol. The van der Waals surface area contributed by atoms with Crippen LogP contribution in [-0.2, 0) is 35.3 Å². The Morgan fingerprint density at radius 3 is 1.91 bits per heavy atom. The highest BCUT2D eigenvalue weighted by Gasteiger charge is 2.31. The molecule has 0 saturated heterocycles. The Kier molecular flexibility index (Phi) is 20.2. The van der Waals surface area contributed by atoms with Crippen LogP contribution in [0.4, 0.5) is 10.5 Å². The minimum Gasteiger partial charge on any atom is -0.461 e. The minimum atomic E-state index is -1.01. The number of nitrogens with two attached hydrogens (primary N) is 2. The number of nitrogens with one attached hydrogen (secondary N) is 5. The molecule has 1 rings (SSSR count). The zero-order valence-electron chi connectivity index (χ0n) is 26.8. The Hall–Kier alpha value is -4.20. The van der Waals surface area contributed by atoms with Gasteiger partial charge in [0.25, 0.3) is 0 Å². The standard InChI is InChI=1S/C28H45N7O7.C2H6/c1-17(2)24(35-26(39)22(32-18(3)36)8-5-6-14-29)27(40)34-23(9-7-15-31-28(30)41)25(38)33-21-12-10-20(11-13-21)16-42-19(4)37;1-2/h10-13,17,22-24H,5-9,14-16,29H2,1-4H3,(H,32,36)(H,33,38)(H,34,40)(H,35,39)(H3,30,31,41);1-2H3/t22-,23-,24?;/m0./s1. The van der Waals surface area contributed by atoms with Crippen LogP contribution in [-0.4, -0.2) is 66.8 Å². The summed E-state index contributed by atoms with van der Waals surface area (Å²) in [5.74, 6) is -2.75. The maximum atomic E-state index is 13.4. The van der Waals surface area contributed by atoms with E-state index in [9.17, 15) is 28.8 Å². The van der Waals surface area contributed by atoms with Gasteiger partial charge in [0, 0.05) is 26.1 Å².